The first kappa shape index (κ1) is 10.1. The van der Waals surface area contributed by atoms with Gasteiger partial charge < -0.3 is 14.8 Å². The molecule has 2 heterocycles. The molecule has 1 aliphatic carbocycles. The van der Waals surface area contributed by atoms with Gasteiger partial charge in [0.05, 0.1) is 0 Å². The van der Waals surface area contributed by atoms with E-state index in [9.17, 15) is 0 Å². The predicted molar refractivity (Wildman–Crippen MR) is 64.6 cm³/mol. The monoisotopic (exact) mass is 220 g/mol. The van der Waals surface area contributed by atoms with Gasteiger partial charge in [-0.05, 0) is 45.8 Å². The second-order valence-corrected chi connectivity index (χ2v) is 5.11. The molecule has 0 amide bonds. The zero-order valence-corrected chi connectivity index (χ0v) is 9.89. The van der Waals surface area contributed by atoms with E-state index in [0.717, 1.165) is 12.0 Å². The molecule has 88 valence electrons. The molecule has 3 rings (SSSR count). The number of anilines is 1. The van der Waals surface area contributed by atoms with Crippen molar-refractivity contribution >= 4 is 5.95 Å². The van der Waals surface area contributed by atoms with Crippen molar-refractivity contribution in [3.63, 3.8) is 0 Å². The van der Waals surface area contributed by atoms with Gasteiger partial charge in [-0.1, -0.05) is 0 Å². The van der Waals surface area contributed by atoms with Gasteiger partial charge in [0.15, 0.2) is 0 Å². The van der Waals surface area contributed by atoms with Gasteiger partial charge in [-0.15, -0.1) is 0 Å². The summed E-state index contributed by atoms with van der Waals surface area (Å²) in [5.41, 5.74) is 0. The summed E-state index contributed by atoms with van der Waals surface area (Å²) in [5, 5.41) is 3.60. The zero-order valence-electron chi connectivity index (χ0n) is 9.89. The van der Waals surface area contributed by atoms with E-state index >= 15 is 0 Å². The van der Waals surface area contributed by atoms with E-state index in [0.29, 0.717) is 6.04 Å². The lowest BCUT2D eigenvalue weighted by atomic mass is 10.1. The summed E-state index contributed by atoms with van der Waals surface area (Å²) < 4.78 is 2.30. The van der Waals surface area contributed by atoms with Crippen molar-refractivity contribution in [3.8, 4) is 0 Å². The SMILES string of the molecule is CN1CCC(Nc2nccn2C2CC2)CC1. The molecular formula is C12H20N4. The normalized spacial score (nSPS) is 23.6. The van der Waals surface area contributed by atoms with Crippen molar-refractivity contribution in [2.45, 2.75) is 37.8 Å². The number of piperidine rings is 1. The number of nitrogens with zero attached hydrogens (tertiary/aromatic N) is 3. The fourth-order valence-electron chi connectivity index (χ4n) is 2.41. The van der Waals surface area contributed by atoms with Crippen LogP contribution in [0.2, 0.25) is 0 Å². The van der Waals surface area contributed by atoms with Gasteiger partial charge in [0.25, 0.3) is 0 Å². The first-order chi connectivity index (χ1) is 7.83. The lowest BCUT2D eigenvalue weighted by Gasteiger charge is -2.29. The van der Waals surface area contributed by atoms with Crippen LogP contribution in [0.15, 0.2) is 12.4 Å². The largest absolute Gasteiger partial charge is 0.353 e. The van der Waals surface area contributed by atoms with Crippen LogP contribution in [0.1, 0.15) is 31.7 Å². The molecule has 1 saturated heterocycles. The summed E-state index contributed by atoms with van der Waals surface area (Å²) in [6, 6.07) is 1.33. The molecule has 0 spiro atoms. The smallest absolute Gasteiger partial charge is 0.203 e. The topological polar surface area (TPSA) is 33.1 Å². The van der Waals surface area contributed by atoms with Crippen molar-refractivity contribution in [2.24, 2.45) is 0 Å². The molecule has 16 heavy (non-hydrogen) atoms. The number of nitrogens with one attached hydrogen (secondary N) is 1. The molecule has 4 nitrogen and oxygen atoms in total. The number of likely N-dealkylation sites (tertiary alicyclic amines) is 1. The maximum Gasteiger partial charge on any atom is 0.203 e. The van der Waals surface area contributed by atoms with Crippen molar-refractivity contribution in [1.82, 2.24) is 14.5 Å². The van der Waals surface area contributed by atoms with E-state index in [1.54, 1.807) is 0 Å². The highest BCUT2D eigenvalue weighted by molar-refractivity contribution is 5.29. The van der Waals surface area contributed by atoms with Crippen LogP contribution in [0, 0.1) is 0 Å². The van der Waals surface area contributed by atoms with E-state index < -0.39 is 0 Å². The molecule has 2 aliphatic rings. The Kier molecular flexibility index (Phi) is 2.59. The number of rotatable bonds is 3. The van der Waals surface area contributed by atoms with Crippen LogP contribution in [0.4, 0.5) is 5.95 Å². The van der Waals surface area contributed by atoms with E-state index in [-0.39, 0.29) is 0 Å². The van der Waals surface area contributed by atoms with E-state index in [1.807, 2.05) is 6.20 Å². The maximum absolute atomic E-state index is 4.43. The fourth-order valence-corrected chi connectivity index (χ4v) is 2.41. The van der Waals surface area contributed by atoms with E-state index in [1.165, 1.54) is 38.8 Å². The van der Waals surface area contributed by atoms with Crippen LogP contribution in [-0.4, -0.2) is 40.6 Å². The summed E-state index contributed by atoms with van der Waals surface area (Å²) in [7, 11) is 2.20. The Balaban J connectivity index is 1.62. The molecule has 0 unspecified atom stereocenters. The molecule has 4 heteroatoms. The molecule has 1 aromatic heterocycles. The van der Waals surface area contributed by atoms with E-state index in [4.69, 9.17) is 0 Å². The minimum Gasteiger partial charge on any atom is -0.353 e. The minimum atomic E-state index is 0.608. The summed E-state index contributed by atoms with van der Waals surface area (Å²) in [6.45, 7) is 2.39. The molecule has 1 saturated carbocycles. The number of aromatic nitrogens is 2. The van der Waals surface area contributed by atoms with Gasteiger partial charge in [-0.25, -0.2) is 4.98 Å². The van der Waals surface area contributed by atoms with Crippen LogP contribution in [0.3, 0.4) is 0 Å². The van der Waals surface area contributed by atoms with Crippen molar-refractivity contribution < 1.29 is 0 Å². The second-order valence-electron chi connectivity index (χ2n) is 5.11. The average molecular weight is 220 g/mol. The standard InChI is InChI=1S/C12H20N4/c1-15-7-4-10(5-8-15)14-12-13-6-9-16(12)11-2-3-11/h6,9-11H,2-5,7-8H2,1H3,(H,13,14). The summed E-state index contributed by atoms with van der Waals surface area (Å²) in [6.07, 6.45) is 9.11. The first-order valence-corrected chi connectivity index (χ1v) is 6.31. The molecule has 1 N–H and O–H groups in total. The van der Waals surface area contributed by atoms with Crippen LogP contribution in [0.25, 0.3) is 0 Å². The van der Waals surface area contributed by atoms with Gasteiger partial charge >= 0.3 is 0 Å². The maximum atomic E-state index is 4.43. The molecule has 0 aromatic carbocycles. The highest BCUT2D eigenvalue weighted by Gasteiger charge is 2.26. The van der Waals surface area contributed by atoms with Gasteiger partial charge in [-0.2, -0.15) is 0 Å². The van der Waals surface area contributed by atoms with Crippen molar-refractivity contribution in [3.05, 3.63) is 12.4 Å². The highest BCUT2D eigenvalue weighted by atomic mass is 15.2. The Labute approximate surface area is 96.7 Å². The van der Waals surface area contributed by atoms with E-state index in [2.05, 4.69) is 33.0 Å². The molecule has 2 fully saturated rings. The average Bonchev–Trinajstić information content (AvgIpc) is 3.03. The van der Waals surface area contributed by atoms with Crippen LogP contribution in [-0.2, 0) is 0 Å². The Morgan fingerprint density at radius 2 is 2.00 bits per heavy atom. The van der Waals surface area contributed by atoms with Gasteiger partial charge in [0.2, 0.25) is 5.95 Å². The first-order valence-electron chi connectivity index (χ1n) is 6.31. The van der Waals surface area contributed by atoms with Gasteiger partial charge in [-0.3, -0.25) is 0 Å². The molecule has 0 bridgehead atoms. The molecule has 0 radical (unpaired) electrons. The van der Waals surface area contributed by atoms with Gasteiger partial charge in [0, 0.05) is 24.5 Å². The lowest BCUT2D eigenvalue weighted by Crippen LogP contribution is -2.37. The highest BCUT2D eigenvalue weighted by Crippen LogP contribution is 2.37. The third kappa shape index (κ3) is 2.07. The Bertz CT molecular complexity index is 348. The summed E-state index contributed by atoms with van der Waals surface area (Å²) in [4.78, 5) is 6.82. The minimum absolute atomic E-state index is 0.608. The van der Waals surface area contributed by atoms with Crippen molar-refractivity contribution in [1.29, 1.82) is 0 Å². The Morgan fingerprint density at radius 1 is 1.25 bits per heavy atom. The third-order valence-electron chi connectivity index (χ3n) is 3.66. The quantitative estimate of drug-likeness (QED) is 0.842. The summed E-state index contributed by atoms with van der Waals surface area (Å²) >= 11 is 0. The van der Waals surface area contributed by atoms with Crippen molar-refractivity contribution in [2.75, 3.05) is 25.5 Å². The summed E-state index contributed by atoms with van der Waals surface area (Å²) in [5.74, 6) is 1.08. The number of imidazole rings is 1. The fraction of sp³-hybridized carbons (Fsp3) is 0.750. The second kappa shape index (κ2) is 4.09. The molecule has 1 aliphatic heterocycles. The molecule has 0 atom stereocenters. The van der Waals surface area contributed by atoms with Crippen LogP contribution < -0.4 is 5.32 Å². The molecular weight excluding hydrogens is 200 g/mol. The number of hydrogen-bond donors (Lipinski definition) is 1. The Hall–Kier alpha value is -1.03. The Morgan fingerprint density at radius 3 is 2.69 bits per heavy atom. The van der Waals surface area contributed by atoms with Crippen LogP contribution >= 0.6 is 0 Å². The molecule has 1 aromatic rings. The third-order valence-corrected chi connectivity index (χ3v) is 3.66. The van der Waals surface area contributed by atoms with Crippen LogP contribution in [0.5, 0.6) is 0 Å². The zero-order chi connectivity index (χ0) is 11.0. The predicted octanol–water partition coefficient (Wildman–Crippen LogP) is 1.72. The lowest BCUT2D eigenvalue weighted by molar-refractivity contribution is 0.263. The number of hydrogen-bond acceptors (Lipinski definition) is 3. The van der Waals surface area contributed by atoms with Gasteiger partial charge in [0.1, 0.15) is 0 Å².